The van der Waals surface area contributed by atoms with Gasteiger partial charge in [-0.3, -0.25) is 24.5 Å². The van der Waals surface area contributed by atoms with E-state index < -0.39 is 17.9 Å². The summed E-state index contributed by atoms with van der Waals surface area (Å²) in [5.74, 6) is -3.83. The number of amides is 4. The summed E-state index contributed by atoms with van der Waals surface area (Å²) >= 11 is 0. The molecule has 0 aromatic heterocycles. The van der Waals surface area contributed by atoms with Crippen LogP contribution in [-0.4, -0.2) is 58.5 Å². The summed E-state index contributed by atoms with van der Waals surface area (Å²) in [4.78, 5) is 52.4. The second-order valence-corrected chi connectivity index (χ2v) is 9.27. The van der Waals surface area contributed by atoms with Crippen molar-refractivity contribution in [3.05, 3.63) is 34.9 Å². The van der Waals surface area contributed by atoms with Crippen molar-refractivity contribution in [2.24, 2.45) is 5.41 Å². The molecule has 3 fully saturated rings. The summed E-state index contributed by atoms with van der Waals surface area (Å²) in [5.41, 5.74) is 1.25. The monoisotopic (exact) mass is 431 g/mol. The molecule has 4 aliphatic rings. The zero-order valence-corrected chi connectivity index (χ0v) is 17.0. The van der Waals surface area contributed by atoms with Crippen LogP contribution >= 0.6 is 0 Å². The molecule has 1 N–H and O–H groups in total. The maximum absolute atomic E-state index is 13.3. The van der Waals surface area contributed by atoms with Crippen molar-refractivity contribution in [1.82, 2.24) is 15.1 Å². The Bertz CT molecular complexity index is 990. The number of alkyl halides is 2. The fourth-order valence-corrected chi connectivity index (χ4v) is 5.47. The minimum atomic E-state index is -2.56. The van der Waals surface area contributed by atoms with Crippen LogP contribution in [0.2, 0.25) is 0 Å². The Morgan fingerprint density at radius 3 is 2.45 bits per heavy atom. The normalized spacial score (nSPS) is 26.5. The van der Waals surface area contributed by atoms with Gasteiger partial charge in [-0.05, 0) is 48.4 Å². The largest absolute Gasteiger partial charge is 0.339 e. The summed E-state index contributed by atoms with van der Waals surface area (Å²) in [6.07, 6.45) is 1.47. The van der Waals surface area contributed by atoms with Crippen LogP contribution in [0.25, 0.3) is 0 Å². The second-order valence-electron chi connectivity index (χ2n) is 9.27. The van der Waals surface area contributed by atoms with Crippen LogP contribution in [0.15, 0.2) is 18.2 Å². The van der Waals surface area contributed by atoms with Crippen LogP contribution < -0.4 is 5.32 Å². The molecule has 1 aromatic rings. The van der Waals surface area contributed by atoms with Crippen LogP contribution in [0, 0.1) is 5.41 Å². The number of halogens is 2. The predicted molar refractivity (Wildman–Crippen MR) is 104 cm³/mol. The van der Waals surface area contributed by atoms with E-state index in [0.717, 1.165) is 0 Å². The molecule has 9 heteroatoms. The number of fused-ring (bicyclic) bond motifs is 1. The molecule has 1 aliphatic carbocycles. The van der Waals surface area contributed by atoms with Crippen LogP contribution in [-0.2, 0) is 16.1 Å². The van der Waals surface area contributed by atoms with E-state index in [0.29, 0.717) is 42.6 Å². The van der Waals surface area contributed by atoms with Gasteiger partial charge in [0.25, 0.3) is 11.8 Å². The molecule has 1 unspecified atom stereocenters. The molecule has 3 heterocycles. The standard InChI is InChI=1S/C22H23F2N3O4/c23-22(24)11-21(12-22)5-7-26(8-6-21)19(30)13-1-2-15-14(9-13)10-27(20(15)31)16-3-4-17(28)25-18(16)29/h1-2,9,16H,3-8,10-12H2,(H,25,28,29). The molecular formula is C22H23F2N3O4. The third-order valence-electron chi connectivity index (χ3n) is 7.15. The Kier molecular flexibility index (Phi) is 4.43. The van der Waals surface area contributed by atoms with Gasteiger partial charge >= 0.3 is 0 Å². The summed E-state index contributed by atoms with van der Waals surface area (Å²) in [6, 6.07) is 4.20. The third kappa shape index (κ3) is 3.40. The first-order valence-corrected chi connectivity index (χ1v) is 10.6. The van der Waals surface area contributed by atoms with Gasteiger partial charge in [0.05, 0.1) is 0 Å². The van der Waals surface area contributed by atoms with E-state index in [1.807, 2.05) is 0 Å². The van der Waals surface area contributed by atoms with Gasteiger partial charge in [-0.1, -0.05) is 0 Å². The van der Waals surface area contributed by atoms with E-state index in [-0.39, 0.29) is 55.4 Å². The van der Waals surface area contributed by atoms with E-state index >= 15 is 0 Å². The number of nitrogens with zero attached hydrogens (tertiary/aromatic N) is 2. The number of hydrogen-bond acceptors (Lipinski definition) is 4. The van der Waals surface area contributed by atoms with Crippen molar-refractivity contribution in [3.8, 4) is 0 Å². The SMILES string of the molecule is O=C1CCC(N2Cc3cc(C(=O)N4CCC5(CC4)CC(F)(F)C5)ccc3C2=O)C(=O)N1. The van der Waals surface area contributed by atoms with Gasteiger partial charge in [-0.15, -0.1) is 0 Å². The number of imide groups is 1. The average molecular weight is 431 g/mol. The van der Waals surface area contributed by atoms with Gasteiger partial charge in [-0.25, -0.2) is 8.78 Å². The van der Waals surface area contributed by atoms with Crippen molar-refractivity contribution in [3.63, 3.8) is 0 Å². The number of nitrogens with one attached hydrogen (secondary N) is 1. The summed E-state index contributed by atoms with van der Waals surface area (Å²) < 4.78 is 26.6. The lowest BCUT2D eigenvalue weighted by atomic mass is 9.61. The van der Waals surface area contributed by atoms with E-state index in [9.17, 15) is 28.0 Å². The molecule has 5 rings (SSSR count). The Balaban J connectivity index is 1.27. The number of carbonyl (C=O) groups excluding carboxylic acids is 4. The first-order chi connectivity index (χ1) is 14.7. The molecule has 1 atom stereocenters. The smallest absolute Gasteiger partial charge is 0.255 e. The molecule has 1 spiro atoms. The number of hydrogen-bond donors (Lipinski definition) is 1. The van der Waals surface area contributed by atoms with Crippen LogP contribution in [0.5, 0.6) is 0 Å². The zero-order chi connectivity index (χ0) is 22.0. The average Bonchev–Trinajstić information content (AvgIpc) is 3.02. The number of carbonyl (C=O) groups is 4. The maximum atomic E-state index is 13.3. The fourth-order valence-electron chi connectivity index (χ4n) is 5.47. The van der Waals surface area contributed by atoms with E-state index in [1.54, 1.807) is 23.1 Å². The Hall–Kier alpha value is -2.84. The van der Waals surface area contributed by atoms with Crippen molar-refractivity contribution in [1.29, 1.82) is 0 Å². The summed E-state index contributed by atoms with van der Waals surface area (Å²) in [7, 11) is 0. The number of likely N-dealkylation sites (tertiary alicyclic amines) is 1. The molecule has 164 valence electrons. The van der Waals surface area contributed by atoms with Crippen LogP contribution in [0.3, 0.4) is 0 Å². The van der Waals surface area contributed by atoms with E-state index in [1.165, 1.54) is 4.90 Å². The van der Waals surface area contributed by atoms with Crippen molar-refractivity contribution >= 4 is 23.6 Å². The number of piperidine rings is 2. The van der Waals surface area contributed by atoms with Gasteiger partial charge in [0.1, 0.15) is 6.04 Å². The highest BCUT2D eigenvalue weighted by Gasteiger charge is 2.57. The second kappa shape index (κ2) is 6.83. The third-order valence-corrected chi connectivity index (χ3v) is 7.15. The van der Waals surface area contributed by atoms with Crippen molar-refractivity contribution in [2.75, 3.05) is 13.1 Å². The predicted octanol–water partition coefficient (Wildman–Crippen LogP) is 2.10. The zero-order valence-electron chi connectivity index (χ0n) is 17.0. The first-order valence-electron chi connectivity index (χ1n) is 10.6. The lowest BCUT2D eigenvalue weighted by Crippen LogP contribution is -2.53. The molecule has 1 saturated carbocycles. The molecular weight excluding hydrogens is 408 g/mol. The van der Waals surface area contributed by atoms with Crippen molar-refractivity contribution < 1.29 is 28.0 Å². The van der Waals surface area contributed by atoms with Gasteiger partial charge in [0.15, 0.2) is 0 Å². The highest BCUT2D eigenvalue weighted by molar-refractivity contribution is 6.06. The highest BCUT2D eigenvalue weighted by atomic mass is 19.3. The van der Waals surface area contributed by atoms with Gasteiger partial charge in [-0.2, -0.15) is 0 Å². The minimum Gasteiger partial charge on any atom is -0.339 e. The number of rotatable bonds is 2. The van der Waals surface area contributed by atoms with Crippen LogP contribution in [0.4, 0.5) is 8.78 Å². The van der Waals surface area contributed by atoms with Gasteiger partial charge in [0.2, 0.25) is 17.7 Å². The molecule has 31 heavy (non-hydrogen) atoms. The molecule has 1 aromatic carbocycles. The number of benzene rings is 1. The van der Waals surface area contributed by atoms with Crippen molar-refractivity contribution in [2.45, 2.75) is 57.0 Å². The van der Waals surface area contributed by atoms with E-state index in [2.05, 4.69) is 5.32 Å². The van der Waals surface area contributed by atoms with Gasteiger partial charge < -0.3 is 9.80 Å². The van der Waals surface area contributed by atoms with Gasteiger partial charge in [0, 0.05) is 50.0 Å². The summed E-state index contributed by atoms with van der Waals surface area (Å²) in [5, 5.41) is 2.27. The van der Waals surface area contributed by atoms with Crippen LogP contribution in [0.1, 0.15) is 64.8 Å². The topological polar surface area (TPSA) is 86.8 Å². The van der Waals surface area contributed by atoms with E-state index in [4.69, 9.17) is 0 Å². The fraction of sp³-hybridized carbons (Fsp3) is 0.545. The molecule has 0 radical (unpaired) electrons. The highest BCUT2D eigenvalue weighted by Crippen LogP contribution is 2.57. The lowest BCUT2D eigenvalue weighted by molar-refractivity contribution is -0.175. The molecule has 2 saturated heterocycles. The molecule has 4 amide bonds. The first kappa shape index (κ1) is 20.1. The maximum Gasteiger partial charge on any atom is 0.255 e. The Morgan fingerprint density at radius 1 is 1.10 bits per heavy atom. The Labute approximate surface area is 177 Å². The molecule has 0 bridgehead atoms. The molecule has 7 nitrogen and oxygen atoms in total. The molecule has 3 aliphatic heterocycles. The quantitative estimate of drug-likeness (QED) is 0.727. The summed E-state index contributed by atoms with van der Waals surface area (Å²) in [6.45, 7) is 1.11. The Morgan fingerprint density at radius 2 is 1.81 bits per heavy atom. The lowest BCUT2D eigenvalue weighted by Gasteiger charge is -2.51. The minimum absolute atomic E-state index is 0.0842.